The second kappa shape index (κ2) is 7.69. The first-order chi connectivity index (χ1) is 15.2. The zero-order chi connectivity index (χ0) is 21.4. The molecule has 0 spiro atoms. The van der Waals surface area contributed by atoms with Gasteiger partial charge in [-0.1, -0.05) is 30.3 Å². The van der Waals surface area contributed by atoms with Gasteiger partial charge in [-0.15, -0.1) is 0 Å². The van der Waals surface area contributed by atoms with Crippen LogP contribution in [0.4, 0.5) is 5.69 Å². The van der Waals surface area contributed by atoms with E-state index in [2.05, 4.69) is 58.8 Å². The van der Waals surface area contributed by atoms with Crippen molar-refractivity contribution in [2.24, 2.45) is 0 Å². The molecule has 1 aromatic heterocycles. The Hall–Kier alpha value is -3.99. The van der Waals surface area contributed by atoms with Crippen LogP contribution >= 0.6 is 0 Å². The van der Waals surface area contributed by atoms with Gasteiger partial charge in [-0.3, -0.25) is 0 Å². The van der Waals surface area contributed by atoms with E-state index in [0.717, 1.165) is 44.4 Å². The Bertz CT molecular complexity index is 1320. The monoisotopic (exact) mass is 411 g/mol. The Morgan fingerprint density at radius 1 is 0.839 bits per heavy atom. The zero-order valence-electron chi connectivity index (χ0n) is 17.7. The van der Waals surface area contributed by atoms with Crippen molar-refractivity contribution in [2.75, 3.05) is 21.3 Å². The van der Waals surface area contributed by atoms with Crippen LogP contribution in [0.2, 0.25) is 0 Å². The summed E-state index contributed by atoms with van der Waals surface area (Å²) >= 11 is 0. The van der Waals surface area contributed by atoms with E-state index in [4.69, 9.17) is 14.2 Å². The Morgan fingerprint density at radius 3 is 2.29 bits per heavy atom. The number of aromatic nitrogens is 1. The minimum absolute atomic E-state index is 0.575. The molecule has 1 aliphatic rings. The van der Waals surface area contributed by atoms with Crippen molar-refractivity contribution in [3.05, 3.63) is 83.6 Å². The van der Waals surface area contributed by atoms with Crippen molar-refractivity contribution >= 4 is 34.0 Å². The van der Waals surface area contributed by atoms with E-state index in [1.165, 1.54) is 0 Å². The van der Waals surface area contributed by atoms with Crippen LogP contribution in [-0.4, -0.2) is 32.5 Å². The van der Waals surface area contributed by atoms with Gasteiger partial charge in [0.05, 0.1) is 32.5 Å². The predicted molar refractivity (Wildman–Crippen MR) is 123 cm³/mol. The van der Waals surface area contributed by atoms with Crippen molar-refractivity contribution in [3.8, 4) is 17.2 Å². The van der Waals surface area contributed by atoms with Crippen LogP contribution in [-0.2, 0) is 0 Å². The zero-order valence-corrected chi connectivity index (χ0v) is 17.7. The average molecular weight is 411 g/mol. The Morgan fingerprint density at radius 2 is 1.55 bits per heavy atom. The van der Waals surface area contributed by atoms with E-state index in [0.29, 0.717) is 17.2 Å². The van der Waals surface area contributed by atoms with Crippen LogP contribution in [0.25, 0.3) is 22.0 Å². The van der Waals surface area contributed by atoms with Gasteiger partial charge in [0.25, 0.3) is 0 Å². The van der Waals surface area contributed by atoms with Crippen molar-refractivity contribution in [3.63, 3.8) is 0 Å². The first-order valence-corrected chi connectivity index (χ1v) is 10.1. The summed E-state index contributed by atoms with van der Waals surface area (Å²) in [6.45, 7) is 0. The molecule has 0 bridgehead atoms. The number of ether oxygens (including phenoxy) is 3. The molecule has 2 N–H and O–H groups in total. The molecule has 4 aromatic rings. The molecule has 0 amide bonds. The summed E-state index contributed by atoms with van der Waals surface area (Å²) in [5.74, 6) is 1.81. The summed E-state index contributed by atoms with van der Waals surface area (Å²) in [7, 11) is 4.89. The lowest BCUT2D eigenvalue weighted by molar-refractivity contribution is -0.342. The van der Waals surface area contributed by atoms with Gasteiger partial charge < -0.3 is 19.2 Å². The molecule has 0 saturated heterocycles. The first-order valence-electron chi connectivity index (χ1n) is 10.1. The minimum Gasteiger partial charge on any atom is -0.493 e. The third kappa shape index (κ3) is 3.06. The topological polar surface area (TPSA) is 57.5 Å². The van der Waals surface area contributed by atoms with Crippen molar-refractivity contribution in [2.45, 2.75) is 0 Å². The van der Waals surface area contributed by atoms with Gasteiger partial charge in [0.2, 0.25) is 11.4 Å². The third-order valence-corrected chi connectivity index (χ3v) is 5.67. The number of methoxy groups -OCH3 is 3. The number of fused-ring (bicyclic) bond motifs is 2. The lowest BCUT2D eigenvalue weighted by atomic mass is 9.89. The van der Waals surface area contributed by atoms with E-state index in [9.17, 15) is 0 Å². The summed E-state index contributed by atoms with van der Waals surface area (Å²) in [5, 5.41) is 1.15. The molecule has 0 saturated carbocycles. The van der Waals surface area contributed by atoms with E-state index in [1.807, 2.05) is 24.3 Å². The standard InChI is InChI=1S/C26H22N2O3/c1-29-23-12-16(13-24(30-2)26(23)31-3)25(19-14-27-21-10-6-4-8-17(19)21)20-15-28-22-11-7-5-9-18(20)22/h4-15,27H,1-3H3/p+1/b25-20+. The number of hydrogen-bond acceptors (Lipinski definition) is 3. The van der Waals surface area contributed by atoms with E-state index >= 15 is 0 Å². The number of para-hydroxylation sites is 2. The largest absolute Gasteiger partial charge is 0.493 e. The Kier molecular flexibility index (Phi) is 4.71. The Balaban J connectivity index is 1.86. The molecule has 5 heteroatoms. The van der Waals surface area contributed by atoms with Gasteiger partial charge in [0.15, 0.2) is 17.7 Å². The minimum atomic E-state index is 0.575. The fraction of sp³-hybridized carbons (Fsp3) is 0.115. The number of nitrogens with one attached hydrogen (secondary N) is 2. The van der Waals surface area contributed by atoms with Crippen LogP contribution in [0.15, 0.2) is 66.9 Å². The maximum Gasteiger partial charge on any atom is 0.211 e. The number of rotatable bonds is 5. The molecule has 5 nitrogen and oxygen atoms in total. The molecule has 0 fully saturated rings. The molecule has 0 aliphatic carbocycles. The van der Waals surface area contributed by atoms with Gasteiger partial charge in [0, 0.05) is 34.3 Å². The fourth-order valence-corrected chi connectivity index (χ4v) is 4.24. The van der Waals surface area contributed by atoms with Crippen LogP contribution in [0.5, 0.6) is 17.2 Å². The highest BCUT2D eigenvalue weighted by Crippen LogP contribution is 2.44. The Labute approximate surface area is 180 Å². The van der Waals surface area contributed by atoms with Crippen LogP contribution in [0.3, 0.4) is 0 Å². The molecule has 0 radical (unpaired) electrons. The van der Waals surface area contributed by atoms with Crippen LogP contribution < -0.4 is 19.2 Å². The smallest absolute Gasteiger partial charge is 0.211 e. The molecule has 5 rings (SSSR count). The molecule has 2 heterocycles. The van der Waals surface area contributed by atoms with Crippen LogP contribution in [0, 0.1) is 0 Å². The lowest BCUT2D eigenvalue weighted by Crippen LogP contribution is -2.58. The van der Waals surface area contributed by atoms with Gasteiger partial charge in [-0.2, -0.15) is 0 Å². The SMILES string of the molecule is COc1cc(/C(=C2/C=[NH+]c3ccccc32)c2c[nH]c3ccccc23)cc(OC)c1OC. The molecular weight excluding hydrogens is 388 g/mol. The van der Waals surface area contributed by atoms with Gasteiger partial charge in [-0.05, 0) is 29.8 Å². The highest BCUT2D eigenvalue weighted by molar-refractivity contribution is 6.24. The fourth-order valence-electron chi connectivity index (χ4n) is 4.24. The summed E-state index contributed by atoms with van der Waals surface area (Å²) < 4.78 is 16.8. The van der Waals surface area contributed by atoms with Crippen molar-refractivity contribution in [1.82, 2.24) is 4.98 Å². The molecule has 0 atom stereocenters. The van der Waals surface area contributed by atoms with Gasteiger partial charge in [0.1, 0.15) is 0 Å². The van der Waals surface area contributed by atoms with Crippen molar-refractivity contribution < 1.29 is 19.2 Å². The molecule has 154 valence electrons. The molecule has 3 aromatic carbocycles. The molecule has 0 unspecified atom stereocenters. The predicted octanol–water partition coefficient (Wildman–Crippen LogP) is 3.95. The maximum atomic E-state index is 5.65. The lowest BCUT2D eigenvalue weighted by Gasteiger charge is -2.16. The third-order valence-electron chi connectivity index (χ3n) is 5.67. The summed E-state index contributed by atoms with van der Waals surface area (Å²) in [6.07, 6.45) is 4.12. The molecule has 1 aliphatic heterocycles. The summed E-state index contributed by atoms with van der Waals surface area (Å²) in [4.78, 5) is 6.82. The number of benzene rings is 3. The number of allylic oxidation sites excluding steroid dienone is 1. The second-order valence-corrected chi connectivity index (χ2v) is 7.28. The second-order valence-electron chi connectivity index (χ2n) is 7.28. The van der Waals surface area contributed by atoms with E-state index < -0.39 is 0 Å². The number of H-pyrrole nitrogens is 1. The van der Waals surface area contributed by atoms with E-state index in [1.54, 1.807) is 21.3 Å². The quantitative estimate of drug-likeness (QED) is 0.523. The van der Waals surface area contributed by atoms with Gasteiger partial charge in [-0.25, -0.2) is 4.99 Å². The summed E-state index contributed by atoms with van der Waals surface area (Å²) in [6, 6.07) is 20.6. The molecular formula is C26H23N2O3+. The average Bonchev–Trinajstić information content (AvgIpc) is 3.44. The summed E-state index contributed by atoms with van der Waals surface area (Å²) in [5.41, 5.74) is 7.59. The maximum absolute atomic E-state index is 5.65. The van der Waals surface area contributed by atoms with Crippen molar-refractivity contribution in [1.29, 1.82) is 0 Å². The molecule has 31 heavy (non-hydrogen) atoms. The van der Waals surface area contributed by atoms with Crippen LogP contribution in [0.1, 0.15) is 16.7 Å². The number of hydrogen-bond donors (Lipinski definition) is 2. The first kappa shape index (κ1) is 19.0. The highest BCUT2D eigenvalue weighted by Gasteiger charge is 2.26. The van der Waals surface area contributed by atoms with E-state index in [-0.39, 0.29) is 0 Å². The number of aromatic amines is 1. The normalized spacial score (nSPS) is 13.9. The van der Waals surface area contributed by atoms with Gasteiger partial charge >= 0.3 is 0 Å². The highest BCUT2D eigenvalue weighted by atomic mass is 16.5.